The van der Waals surface area contributed by atoms with Crippen molar-refractivity contribution < 1.29 is 23.9 Å². The van der Waals surface area contributed by atoms with Gasteiger partial charge >= 0.3 is 5.97 Å². The summed E-state index contributed by atoms with van der Waals surface area (Å²) >= 11 is 0. The lowest BCUT2D eigenvalue weighted by Gasteiger charge is -2.18. The van der Waals surface area contributed by atoms with Crippen LogP contribution >= 0.6 is 0 Å². The van der Waals surface area contributed by atoms with Gasteiger partial charge in [0.05, 0.1) is 18.2 Å². The molecule has 0 spiro atoms. The highest BCUT2D eigenvalue weighted by molar-refractivity contribution is 6.12. The van der Waals surface area contributed by atoms with Gasteiger partial charge in [-0.15, -0.1) is 0 Å². The Hall–Kier alpha value is -3.93. The molecule has 0 fully saturated rings. The van der Waals surface area contributed by atoms with Crippen LogP contribution in [0.1, 0.15) is 31.1 Å². The number of methoxy groups -OCH3 is 1. The quantitative estimate of drug-likeness (QED) is 0.440. The second kappa shape index (κ2) is 9.52. The van der Waals surface area contributed by atoms with Crippen LogP contribution in [0, 0.1) is 0 Å². The lowest BCUT2D eigenvalue weighted by Crippen LogP contribution is -2.28. The first-order chi connectivity index (χ1) is 14.5. The number of anilines is 1. The van der Waals surface area contributed by atoms with Gasteiger partial charge in [0.25, 0.3) is 5.91 Å². The Balaban J connectivity index is 1.72. The van der Waals surface area contributed by atoms with Gasteiger partial charge in [-0.3, -0.25) is 9.59 Å². The van der Waals surface area contributed by atoms with Crippen molar-refractivity contribution in [1.29, 1.82) is 0 Å². The molecular formula is C24H21NO5. The number of nitrogens with zero attached hydrogens (tertiary/aromatic N) is 1. The Labute approximate surface area is 174 Å². The van der Waals surface area contributed by atoms with E-state index in [9.17, 15) is 14.4 Å². The number of hydrogen-bond donors (Lipinski definition) is 0. The number of ether oxygens (including phenoxy) is 2. The van der Waals surface area contributed by atoms with E-state index in [1.54, 1.807) is 61.6 Å². The van der Waals surface area contributed by atoms with Crippen LogP contribution in [0.5, 0.6) is 5.75 Å². The number of rotatable bonds is 7. The van der Waals surface area contributed by atoms with Crippen LogP contribution in [-0.2, 0) is 4.74 Å². The minimum absolute atomic E-state index is 0.104. The molecule has 0 atom stereocenters. The third kappa shape index (κ3) is 4.72. The lowest BCUT2D eigenvalue weighted by molar-refractivity contribution is 0.0472. The summed E-state index contributed by atoms with van der Waals surface area (Å²) in [5, 5.41) is 0. The maximum absolute atomic E-state index is 12.9. The lowest BCUT2D eigenvalue weighted by atomic mass is 10.1. The van der Waals surface area contributed by atoms with Gasteiger partial charge in [-0.1, -0.05) is 30.3 Å². The second-order valence-corrected chi connectivity index (χ2v) is 6.47. The van der Waals surface area contributed by atoms with E-state index in [0.29, 0.717) is 17.0 Å². The summed E-state index contributed by atoms with van der Waals surface area (Å²) in [5.74, 6) is -0.813. The number of ketones is 1. The van der Waals surface area contributed by atoms with E-state index in [0.717, 1.165) is 0 Å². The predicted molar refractivity (Wildman–Crippen MR) is 113 cm³/mol. The Morgan fingerprint density at radius 2 is 1.40 bits per heavy atom. The molecule has 0 heterocycles. The van der Waals surface area contributed by atoms with E-state index < -0.39 is 12.6 Å². The van der Waals surface area contributed by atoms with Crippen LogP contribution in [0.2, 0.25) is 0 Å². The number of carbonyl (C=O) groups excluding carboxylic acids is 3. The summed E-state index contributed by atoms with van der Waals surface area (Å²) in [4.78, 5) is 39.3. The van der Waals surface area contributed by atoms with E-state index in [-0.39, 0.29) is 22.8 Å². The van der Waals surface area contributed by atoms with Crippen molar-refractivity contribution in [3.8, 4) is 5.75 Å². The third-order valence-corrected chi connectivity index (χ3v) is 4.57. The fourth-order valence-electron chi connectivity index (χ4n) is 2.87. The molecule has 0 saturated carbocycles. The van der Waals surface area contributed by atoms with Gasteiger partial charge in [-0.05, 0) is 48.5 Å². The number of Topliss-reactive ketones (excluding diaryl/α,β-unsaturated/α-hetero) is 1. The molecule has 3 rings (SSSR count). The van der Waals surface area contributed by atoms with Gasteiger partial charge in [0.2, 0.25) is 0 Å². The van der Waals surface area contributed by atoms with Crippen molar-refractivity contribution in [3.05, 3.63) is 95.6 Å². The van der Waals surface area contributed by atoms with Crippen molar-refractivity contribution in [1.82, 2.24) is 0 Å². The van der Waals surface area contributed by atoms with Crippen molar-refractivity contribution in [2.45, 2.75) is 0 Å². The normalized spacial score (nSPS) is 10.2. The minimum atomic E-state index is -0.734. The predicted octanol–water partition coefficient (Wildman–Crippen LogP) is 4.01. The zero-order valence-corrected chi connectivity index (χ0v) is 16.7. The van der Waals surface area contributed by atoms with Gasteiger partial charge in [0.15, 0.2) is 12.4 Å². The Kier molecular flexibility index (Phi) is 6.60. The maximum atomic E-state index is 12.9. The largest absolute Gasteiger partial charge is 0.497 e. The van der Waals surface area contributed by atoms with E-state index in [4.69, 9.17) is 9.47 Å². The molecule has 1 amide bonds. The van der Waals surface area contributed by atoms with Crippen LogP contribution in [0.4, 0.5) is 5.69 Å². The standard InChI is InChI=1S/C24H21NO5/c1-25(18-8-4-3-5-9-18)23(27)20-10-6-7-11-21(20)24(28)30-16-22(26)17-12-14-19(29-2)15-13-17/h3-15H,16H2,1-2H3. The Bertz CT molecular complexity index is 1040. The SMILES string of the molecule is COc1ccc(C(=O)COC(=O)c2ccccc2C(=O)N(C)c2ccccc2)cc1. The molecule has 6 nitrogen and oxygen atoms in total. The molecule has 30 heavy (non-hydrogen) atoms. The Morgan fingerprint density at radius 1 is 0.800 bits per heavy atom. The molecule has 0 unspecified atom stereocenters. The summed E-state index contributed by atoms with van der Waals surface area (Å²) in [7, 11) is 3.17. The third-order valence-electron chi connectivity index (χ3n) is 4.57. The zero-order chi connectivity index (χ0) is 21.5. The number of carbonyl (C=O) groups is 3. The molecule has 3 aromatic rings. The minimum Gasteiger partial charge on any atom is -0.497 e. The van der Waals surface area contributed by atoms with Crippen LogP contribution < -0.4 is 9.64 Å². The molecule has 0 aliphatic carbocycles. The highest BCUT2D eigenvalue weighted by atomic mass is 16.5. The average molecular weight is 403 g/mol. The molecule has 0 aliphatic heterocycles. The number of para-hydroxylation sites is 1. The molecule has 0 saturated heterocycles. The molecule has 6 heteroatoms. The maximum Gasteiger partial charge on any atom is 0.339 e. The van der Waals surface area contributed by atoms with Crippen molar-refractivity contribution in [2.75, 3.05) is 25.7 Å². The summed E-state index contributed by atoms with van der Waals surface area (Å²) in [5.41, 5.74) is 1.40. The van der Waals surface area contributed by atoms with Crippen molar-refractivity contribution in [2.24, 2.45) is 0 Å². The molecule has 3 aromatic carbocycles. The first-order valence-corrected chi connectivity index (χ1v) is 9.27. The summed E-state index contributed by atoms with van der Waals surface area (Å²) in [6.07, 6.45) is 0. The van der Waals surface area contributed by atoms with Crippen LogP contribution in [-0.4, -0.2) is 38.4 Å². The highest BCUT2D eigenvalue weighted by Gasteiger charge is 2.22. The smallest absolute Gasteiger partial charge is 0.339 e. The number of amides is 1. The summed E-state index contributed by atoms with van der Waals surface area (Å²) < 4.78 is 10.2. The number of hydrogen-bond acceptors (Lipinski definition) is 5. The molecule has 0 aromatic heterocycles. The second-order valence-electron chi connectivity index (χ2n) is 6.47. The number of benzene rings is 3. The van der Waals surface area contributed by atoms with E-state index in [1.165, 1.54) is 18.1 Å². The van der Waals surface area contributed by atoms with Crippen molar-refractivity contribution in [3.63, 3.8) is 0 Å². The summed E-state index contributed by atoms with van der Waals surface area (Å²) in [6, 6.07) is 22.0. The van der Waals surface area contributed by atoms with Crippen molar-refractivity contribution >= 4 is 23.3 Å². The van der Waals surface area contributed by atoms with Gasteiger partial charge < -0.3 is 14.4 Å². The molecule has 0 N–H and O–H groups in total. The monoisotopic (exact) mass is 403 g/mol. The summed E-state index contributed by atoms with van der Waals surface area (Å²) in [6.45, 7) is -0.428. The van der Waals surface area contributed by atoms with E-state index in [1.807, 2.05) is 18.2 Å². The van der Waals surface area contributed by atoms with Crippen LogP contribution in [0.15, 0.2) is 78.9 Å². The molecular weight excluding hydrogens is 382 g/mol. The number of esters is 1. The molecule has 0 aliphatic rings. The molecule has 0 radical (unpaired) electrons. The van der Waals surface area contributed by atoms with Gasteiger partial charge in [-0.25, -0.2) is 4.79 Å². The van der Waals surface area contributed by atoms with Crippen LogP contribution in [0.3, 0.4) is 0 Å². The van der Waals surface area contributed by atoms with Gasteiger partial charge in [0.1, 0.15) is 5.75 Å². The van der Waals surface area contributed by atoms with Crippen LogP contribution in [0.25, 0.3) is 0 Å². The van der Waals surface area contributed by atoms with Gasteiger partial charge in [0, 0.05) is 18.3 Å². The van der Waals surface area contributed by atoms with Gasteiger partial charge in [-0.2, -0.15) is 0 Å². The topological polar surface area (TPSA) is 72.9 Å². The first kappa shape index (κ1) is 20.8. The average Bonchev–Trinajstić information content (AvgIpc) is 2.82. The fourth-order valence-corrected chi connectivity index (χ4v) is 2.87. The van der Waals surface area contributed by atoms with E-state index >= 15 is 0 Å². The molecule has 0 bridgehead atoms. The highest BCUT2D eigenvalue weighted by Crippen LogP contribution is 2.18. The Morgan fingerprint density at radius 3 is 2.03 bits per heavy atom. The fraction of sp³-hybridized carbons (Fsp3) is 0.125. The first-order valence-electron chi connectivity index (χ1n) is 9.27. The zero-order valence-electron chi connectivity index (χ0n) is 16.7. The van der Waals surface area contributed by atoms with E-state index in [2.05, 4.69) is 0 Å². The molecule has 152 valence electrons.